The third-order valence-electron chi connectivity index (χ3n) is 4.03. The SMILES string of the molecule is CC(OC(=O)CN1C(=O)c2ccccc2C1=O)C(=O)Nc1ccc(F)cc1Cl. The first kappa shape index (κ1) is 19.5. The Morgan fingerprint density at radius 3 is 2.32 bits per heavy atom. The van der Waals surface area contributed by atoms with Gasteiger partial charge in [0.05, 0.1) is 21.8 Å². The van der Waals surface area contributed by atoms with Gasteiger partial charge in [0, 0.05) is 0 Å². The molecule has 0 bridgehead atoms. The van der Waals surface area contributed by atoms with E-state index in [1.807, 2.05) is 0 Å². The van der Waals surface area contributed by atoms with Gasteiger partial charge in [-0.25, -0.2) is 4.39 Å². The van der Waals surface area contributed by atoms with Crippen LogP contribution in [-0.2, 0) is 14.3 Å². The van der Waals surface area contributed by atoms with Crippen molar-refractivity contribution >= 4 is 41.0 Å². The van der Waals surface area contributed by atoms with Gasteiger partial charge in [-0.3, -0.25) is 24.1 Å². The van der Waals surface area contributed by atoms with Crippen molar-refractivity contribution in [1.29, 1.82) is 0 Å². The minimum absolute atomic E-state index is 0.0158. The zero-order chi connectivity index (χ0) is 20.4. The van der Waals surface area contributed by atoms with Crippen molar-refractivity contribution < 1.29 is 28.3 Å². The van der Waals surface area contributed by atoms with Crippen molar-refractivity contribution in [2.75, 3.05) is 11.9 Å². The second-order valence-corrected chi connectivity index (χ2v) is 6.39. The summed E-state index contributed by atoms with van der Waals surface area (Å²) in [4.78, 5) is 49.5. The van der Waals surface area contributed by atoms with Gasteiger partial charge in [0.2, 0.25) is 0 Å². The monoisotopic (exact) mass is 404 g/mol. The van der Waals surface area contributed by atoms with E-state index >= 15 is 0 Å². The molecule has 0 radical (unpaired) electrons. The highest BCUT2D eigenvalue weighted by molar-refractivity contribution is 6.33. The lowest BCUT2D eigenvalue weighted by Crippen LogP contribution is -2.38. The van der Waals surface area contributed by atoms with Crippen LogP contribution in [0.25, 0.3) is 0 Å². The molecule has 1 unspecified atom stereocenters. The molecule has 1 atom stereocenters. The largest absolute Gasteiger partial charge is 0.451 e. The molecule has 0 saturated carbocycles. The molecule has 2 aromatic carbocycles. The minimum atomic E-state index is -1.23. The maximum absolute atomic E-state index is 13.0. The Morgan fingerprint density at radius 2 is 1.75 bits per heavy atom. The topological polar surface area (TPSA) is 92.8 Å². The Morgan fingerprint density at radius 1 is 1.14 bits per heavy atom. The summed E-state index contributed by atoms with van der Waals surface area (Å²) in [6.07, 6.45) is -1.23. The van der Waals surface area contributed by atoms with E-state index in [0.29, 0.717) is 0 Å². The van der Waals surface area contributed by atoms with Crippen molar-refractivity contribution in [1.82, 2.24) is 4.90 Å². The minimum Gasteiger partial charge on any atom is -0.451 e. The summed E-state index contributed by atoms with van der Waals surface area (Å²) in [6.45, 7) is 0.689. The molecule has 0 fully saturated rings. The molecule has 3 amide bonds. The number of anilines is 1. The number of fused-ring (bicyclic) bond motifs is 1. The van der Waals surface area contributed by atoms with Crippen LogP contribution < -0.4 is 5.32 Å². The molecule has 0 saturated heterocycles. The Balaban J connectivity index is 1.59. The number of amides is 3. The molecular formula is C19H14ClFN2O5. The highest BCUT2D eigenvalue weighted by Gasteiger charge is 2.37. The summed E-state index contributed by atoms with van der Waals surface area (Å²) in [7, 11) is 0. The van der Waals surface area contributed by atoms with Gasteiger partial charge in [0.25, 0.3) is 17.7 Å². The highest BCUT2D eigenvalue weighted by atomic mass is 35.5. The number of esters is 1. The number of ether oxygens (including phenoxy) is 1. The van der Waals surface area contributed by atoms with E-state index < -0.39 is 42.2 Å². The molecule has 1 heterocycles. The maximum atomic E-state index is 13.0. The van der Waals surface area contributed by atoms with E-state index in [2.05, 4.69) is 5.32 Å². The van der Waals surface area contributed by atoms with E-state index in [0.717, 1.165) is 17.0 Å². The Labute approximate surface area is 164 Å². The number of hydrogen-bond donors (Lipinski definition) is 1. The highest BCUT2D eigenvalue weighted by Crippen LogP contribution is 2.23. The van der Waals surface area contributed by atoms with Crippen LogP contribution >= 0.6 is 11.6 Å². The smallest absolute Gasteiger partial charge is 0.326 e. The van der Waals surface area contributed by atoms with Crippen LogP contribution in [0.2, 0.25) is 5.02 Å². The van der Waals surface area contributed by atoms with Crippen LogP contribution in [-0.4, -0.2) is 41.2 Å². The number of carbonyl (C=O) groups excluding carboxylic acids is 4. The molecule has 9 heteroatoms. The van der Waals surface area contributed by atoms with E-state index in [4.69, 9.17) is 16.3 Å². The lowest BCUT2D eigenvalue weighted by molar-refractivity contribution is -0.153. The van der Waals surface area contributed by atoms with Gasteiger partial charge < -0.3 is 10.1 Å². The second-order valence-electron chi connectivity index (χ2n) is 5.99. The number of rotatable bonds is 5. The number of nitrogens with zero attached hydrogens (tertiary/aromatic N) is 1. The fourth-order valence-electron chi connectivity index (χ4n) is 2.63. The summed E-state index contributed by atoms with van der Waals surface area (Å²) in [6, 6.07) is 9.60. The molecule has 1 aliphatic rings. The number of hydrogen-bond acceptors (Lipinski definition) is 5. The number of halogens is 2. The van der Waals surface area contributed by atoms with Crippen molar-refractivity contribution in [3.8, 4) is 0 Å². The molecule has 28 heavy (non-hydrogen) atoms. The average molecular weight is 405 g/mol. The molecule has 0 aromatic heterocycles. The van der Waals surface area contributed by atoms with Crippen molar-refractivity contribution in [2.24, 2.45) is 0 Å². The number of imide groups is 1. The van der Waals surface area contributed by atoms with Gasteiger partial charge >= 0.3 is 5.97 Å². The quantitative estimate of drug-likeness (QED) is 0.611. The average Bonchev–Trinajstić information content (AvgIpc) is 2.89. The van der Waals surface area contributed by atoms with Gasteiger partial charge in [-0.2, -0.15) is 0 Å². The van der Waals surface area contributed by atoms with Gasteiger partial charge in [-0.15, -0.1) is 0 Å². The van der Waals surface area contributed by atoms with E-state index in [-0.39, 0.29) is 21.8 Å². The van der Waals surface area contributed by atoms with Gasteiger partial charge in [0.1, 0.15) is 12.4 Å². The molecule has 2 aromatic rings. The Kier molecular flexibility index (Phi) is 5.41. The summed E-state index contributed by atoms with van der Waals surface area (Å²) in [5.41, 5.74) is 0.561. The standard InChI is InChI=1S/C19H14ClFN2O5/c1-10(17(25)22-15-7-6-11(21)8-14(15)20)28-16(24)9-23-18(26)12-4-2-3-5-13(12)19(23)27/h2-8,10H,9H2,1H3,(H,22,25). The van der Waals surface area contributed by atoms with Crippen LogP contribution in [0.3, 0.4) is 0 Å². The normalized spacial score (nSPS) is 13.9. The van der Waals surface area contributed by atoms with Crippen LogP contribution in [0.5, 0.6) is 0 Å². The van der Waals surface area contributed by atoms with Crippen molar-refractivity contribution in [3.05, 3.63) is 64.4 Å². The first-order valence-electron chi connectivity index (χ1n) is 8.18. The third-order valence-corrected chi connectivity index (χ3v) is 4.34. The predicted octanol–water partition coefficient (Wildman–Crippen LogP) is 2.65. The molecular weight excluding hydrogens is 391 g/mol. The fourth-order valence-corrected chi connectivity index (χ4v) is 2.84. The summed E-state index contributed by atoms with van der Waals surface area (Å²) >= 11 is 5.83. The molecule has 1 aliphatic heterocycles. The molecule has 0 spiro atoms. The van der Waals surface area contributed by atoms with Crippen molar-refractivity contribution in [2.45, 2.75) is 13.0 Å². The Bertz CT molecular complexity index is 959. The van der Waals surface area contributed by atoms with E-state index in [1.54, 1.807) is 12.1 Å². The molecule has 0 aliphatic carbocycles. The van der Waals surface area contributed by atoms with Crippen LogP contribution in [0.1, 0.15) is 27.6 Å². The molecule has 7 nitrogen and oxygen atoms in total. The lowest BCUT2D eigenvalue weighted by Gasteiger charge is -2.17. The van der Waals surface area contributed by atoms with Crippen LogP contribution in [0.4, 0.5) is 10.1 Å². The van der Waals surface area contributed by atoms with Crippen molar-refractivity contribution in [3.63, 3.8) is 0 Å². The summed E-state index contributed by atoms with van der Waals surface area (Å²) in [5.74, 6) is -3.41. The lowest BCUT2D eigenvalue weighted by atomic mass is 10.1. The first-order chi connectivity index (χ1) is 13.3. The summed E-state index contributed by atoms with van der Waals surface area (Å²) < 4.78 is 18.0. The van der Waals surface area contributed by atoms with Gasteiger partial charge in [-0.05, 0) is 37.3 Å². The third kappa shape index (κ3) is 3.86. The number of nitrogens with one attached hydrogen (secondary N) is 1. The zero-order valence-electron chi connectivity index (χ0n) is 14.6. The van der Waals surface area contributed by atoms with Gasteiger partial charge in [0.15, 0.2) is 6.10 Å². The summed E-state index contributed by atoms with van der Waals surface area (Å²) in [5, 5.41) is 2.39. The first-order valence-corrected chi connectivity index (χ1v) is 8.56. The number of benzene rings is 2. The number of carbonyl (C=O) groups is 4. The maximum Gasteiger partial charge on any atom is 0.326 e. The molecule has 3 rings (SSSR count). The molecule has 144 valence electrons. The van der Waals surface area contributed by atoms with E-state index in [1.165, 1.54) is 25.1 Å². The zero-order valence-corrected chi connectivity index (χ0v) is 15.3. The fraction of sp³-hybridized carbons (Fsp3) is 0.158. The Hall–Kier alpha value is -3.26. The second kappa shape index (κ2) is 7.77. The predicted molar refractivity (Wildman–Crippen MR) is 97.4 cm³/mol. The molecule has 1 N–H and O–H groups in total. The van der Waals surface area contributed by atoms with Gasteiger partial charge in [-0.1, -0.05) is 23.7 Å². The van der Waals surface area contributed by atoms with Crippen LogP contribution in [0, 0.1) is 5.82 Å². The van der Waals surface area contributed by atoms with E-state index in [9.17, 15) is 23.6 Å². The van der Waals surface area contributed by atoms with Crippen LogP contribution in [0.15, 0.2) is 42.5 Å².